The lowest BCUT2D eigenvalue weighted by molar-refractivity contribution is -0.135. The van der Waals surface area contributed by atoms with Gasteiger partial charge in [-0.05, 0) is 38.0 Å². The lowest BCUT2D eigenvalue weighted by Gasteiger charge is -2.25. The molecule has 1 N–H and O–H groups in total. The first-order chi connectivity index (χ1) is 9.04. The van der Waals surface area contributed by atoms with Crippen molar-refractivity contribution in [1.29, 1.82) is 0 Å². The molecule has 0 spiro atoms. The second-order valence-electron chi connectivity index (χ2n) is 5.12. The number of methoxy groups -OCH3 is 1. The Labute approximate surface area is 114 Å². The fourth-order valence-electron chi connectivity index (χ4n) is 2.62. The summed E-state index contributed by atoms with van der Waals surface area (Å²) in [7, 11) is 1.63. The molecular weight excluding hydrogens is 242 g/mol. The van der Waals surface area contributed by atoms with Crippen molar-refractivity contribution in [3.63, 3.8) is 0 Å². The van der Waals surface area contributed by atoms with E-state index in [2.05, 4.69) is 0 Å². The molecule has 1 aromatic carbocycles. The Kier molecular flexibility index (Phi) is 4.10. The number of rotatable bonds is 4. The van der Waals surface area contributed by atoms with Gasteiger partial charge in [0.05, 0.1) is 25.2 Å². The largest absolute Gasteiger partial charge is 0.497 e. The number of aliphatic hydroxyl groups excluding tert-OH is 1. The van der Waals surface area contributed by atoms with Crippen LogP contribution in [-0.4, -0.2) is 35.7 Å². The number of benzene rings is 1. The normalized spacial score (nSPS) is 22.4. The van der Waals surface area contributed by atoms with Crippen molar-refractivity contribution >= 4 is 5.91 Å². The number of ether oxygens (including phenoxy) is 1. The maximum Gasteiger partial charge on any atom is 0.228 e. The van der Waals surface area contributed by atoms with Crippen molar-refractivity contribution in [3.05, 3.63) is 29.8 Å². The molecule has 0 radical (unpaired) electrons. The van der Waals surface area contributed by atoms with Gasteiger partial charge in [-0.1, -0.05) is 12.1 Å². The summed E-state index contributed by atoms with van der Waals surface area (Å²) in [4.78, 5) is 14.1. The van der Waals surface area contributed by atoms with E-state index in [0.717, 1.165) is 17.7 Å². The highest BCUT2D eigenvalue weighted by Crippen LogP contribution is 2.30. The van der Waals surface area contributed by atoms with Gasteiger partial charge in [-0.2, -0.15) is 0 Å². The summed E-state index contributed by atoms with van der Waals surface area (Å²) < 4.78 is 5.13. The molecule has 0 saturated carbocycles. The molecule has 104 valence electrons. The van der Waals surface area contributed by atoms with Crippen LogP contribution in [0.5, 0.6) is 5.75 Å². The van der Waals surface area contributed by atoms with Crippen LogP contribution in [0.2, 0.25) is 0 Å². The van der Waals surface area contributed by atoms with Crippen LogP contribution in [0.1, 0.15) is 31.9 Å². The fraction of sp³-hybridized carbons (Fsp3) is 0.533. The molecule has 1 fully saturated rings. The Hall–Kier alpha value is -1.55. The van der Waals surface area contributed by atoms with Crippen molar-refractivity contribution < 1.29 is 14.6 Å². The second-order valence-corrected chi connectivity index (χ2v) is 5.12. The van der Waals surface area contributed by atoms with E-state index in [4.69, 9.17) is 4.74 Å². The highest BCUT2D eigenvalue weighted by molar-refractivity contribution is 5.81. The molecule has 0 aromatic heterocycles. The fourth-order valence-corrected chi connectivity index (χ4v) is 2.62. The molecule has 19 heavy (non-hydrogen) atoms. The minimum absolute atomic E-state index is 0.0298. The van der Waals surface area contributed by atoms with E-state index in [1.54, 1.807) is 14.0 Å². The zero-order chi connectivity index (χ0) is 14.0. The summed E-state index contributed by atoms with van der Waals surface area (Å²) >= 11 is 0. The van der Waals surface area contributed by atoms with Gasteiger partial charge in [0, 0.05) is 6.54 Å². The van der Waals surface area contributed by atoms with E-state index >= 15 is 0 Å². The van der Waals surface area contributed by atoms with Gasteiger partial charge >= 0.3 is 0 Å². The second kappa shape index (κ2) is 5.61. The number of hydrogen-bond donors (Lipinski definition) is 1. The number of amides is 1. The molecule has 4 nitrogen and oxygen atoms in total. The Morgan fingerprint density at radius 2 is 1.95 bits per heavy atom. The van der Waals surface area contributed by atoms with Crippen LogP contribution in [0.3, 0.4) is 0 Å². The molecule has 3 atom stereocenters. The molecule has 2 rings (SSSR count). The predicted molar refractivity (Wildman–Crippen MR) is 72.9 cm³/mol. The van der Waals surface area contributed by atoms with Crippen molar-refractivity contribution in [2.75, 3.05) is 13.7 Å². The number of nitrogens with zero attached hydrogens (tertiary/aromatic N) is 1. The Morgan fingerprint density at radius 3 is 2.42 bits per heavy atom. The zero-order valence-corrected chi connectivity index (χ0v) is 11.7. The van der Waals surface area contributed by atoms with Gasteiger partial charge in [-0.3, -0.25) is 4.79 Å². The van der Waals surface area contributed by atoms with Crippen molar-refractivity contribution in [1.82, 2.24) is 4.90 Å². The van der Waals surface area contributed by atoms with Crippen molar-refractivity contribution in [3.8, 4) is 5.75 Å². The van der Waals surface area contributed by atoms with Gasteiger partial charge in [0.25, 0.3) is 0 Å². The van der Waals surface area contributed by atoms with E-state index in [0.29, 0.717) is 6.54 Å². The molecule has 1 amide bonds. The molecule has 4 heteroatoms. The summed E-state index contributed by atoms with van der Waals surface area (Å²) in [6.07, 6.45) is 0.164. The van der Waals surface area contributed by atoms with Gasteiger partial charge in [-0.25, -0.2) is 0 Å². The van der Waals surface area contributed by atoms with Crippen LogP contribution in [0, 0.1) is 5.92 Å². The summed E-state index contributed by atoms with van der Waals surface area (Å²) in [5.41, 5.74) is 1.08. The average Bonchev–Trinajstić information content (AvgIpc) is 2.80. The molecule has 1 aliphatic rings. The molecule has 1 unspecified atom stereocenters. The van der Waals surface area contributed by atoms with Gasteiger partial charge in [0.1, 0.15) is 5.75 Å². The van der Waals surface area contributed by atoms with Gasteiger partial charge in [0.2, 0.25) is 5.91 Å². The maximum absolute atomic E-state index is 12.2. The van der Waals surface area contributed by atoms with Gasteiger partial charge < -0.3 is 14.7 Å². The molecule has 1 aromatic rings. The Bertz CT molecular complexity index is 441. The van der Waals surface area contributed by atoms with Crippen LogP contribution < -0.4 is 4.74 Å². The molecule has 1 heterocycles. The molecule has 1 saturated heterocycles. The summed E-state index contributed by atoms with van der Waals surface area (Å²) in [5, 5.41) is 9.60. The van der Waals surface area contributed by atoms with E-state index in [1.807, 2.05) is 36.1 Å². The quantitative estimate of drug-likeness (QED) is 0.903. The van der Waals surface area contributed by atoms with Crippen LogP contribution in [0.4, 0.5) is 0 Å². The third-order valence-corrected chi connectivity index (χ3v) is 3.93. The number of hydrogen-bond acceptors (Lipinski definition) is 3. The van der Waals surface area contributed by atoms with Gasteiger partial charge in [-0.15, -0.1) is 0 Å². The molecule has 0 bridgehead atoms. The van der Waals surface area contributed by atoms with E-state index in [9.17, 15) is 9.90 Å². The number of aliphatic hydroxyl groups is 1. The Balaban J connectivity index is 2.11. The monoisotopic (exact) mass is 263 g/mol. The SMILES string of the molecule is COc1ccc([C@@H](C)N2CCC([C@@H](C)O)C2=O)cc1. The van der Waals surface area contributed by atoms with Crippen LogP contribution in [-0.2, 0) is 4.79 Å². The first-order valence-electron chi connectivity index (χ1n) is 6.67. The Morgan fingerprint density at radius 1 is 1.32 bits per heavy atom. The molecule has 1 aliphatic heterocycles. The minimum Gasteiger partial charge on any atom is -0.497 e. The van der Waals surface area contributed by atoms with E-state index in [-0.39, 0.29) is 17.9 Å². The molecular formula is C15H21NO3. The van der Waals surface area contributed by atoms with Crippen molar-refractivity contribution in [2.24, 2.45) is 5.92 Å². The third-order valence-electron chi connectivity index (χ3n) is 3.93. The van der Waals surface area contributed by atoms with E-state index in [1.165, 1.54) is 0 Å². The maximum atomic E-state index is 12.2. The van der Waals surface area contributed by atoms with E-state index < -0.39 is 6.10 Å². The number of carbonyl (C=O) groups is 1. The van der Waals surface area contributed by atoms with Crippen LogP contribution >= 0.6 is 0 Å². The standard InChI is InChI=1S/C15H21NO3/c1-10(12-4-6-13(19-3)7-5-12)16-9-8-14(11(2)17)15(16)18/h4-7,10-11,14,17H,8-9H2,1-3H3/t10-,11-,14?/m1/s1. The summed E-state index contributed by atoms with van der Waals surface area (Å²) in [6.45, 7) is 4.41. The lowest BCUT2D eigenvalue weighted by Crippen LogP contribution is -2.33. The van der Waals surface area contributed by atoms with Crippen LogP contribution in [0.15, 0.2) is 24.3 Å². The third kappa shape index (κ3) is 2.73. The number of carbonyl (C=O) groups excluding carboxylic acids is 1. The van der Waals surface area contributed by atoms with Crippen molar-refractivity contribution in [2.45, 2.75) is 32.4 Å². The predicted octanol–water partition coefficient (Wildman–Crippen LogP) is 1.99. The highest BCUT2D eigenvalue weighted by atomic mass is 16.5. The lowest BCUT2D eigenvalue weighted by atomic mass is 10.0. The van der Waals surface area contributed by atoms with Gasteiger partial charge in [0.15, 0.2) is 0 Å². The average molecular weight is 263 g/mol. The summed E-state index contributed by atoms with van der Waals surface area (Å²) in [5.74, 6) is 0.615. The van der Waals surface area contributed by atoms with Crippen LogP contribution in [0.25, 0.3) is 0 Å². The first kappa shape index (κ1) is 13.9. The smallest absolute Gasteiger partial charge is 0.228 e. The zero-order valence-electron chi connectivity index (χ0n) is 11.7. The number of likely N-dealkylation sites (tertiary alicyclic amines) is 1. The topological polar surface area (TPSA) is 49.8 Å². The first-order valence-corrected chi connectivity index (χ1v) is 6.67. The highest BCUT2D eigenvalue weighted by Gasteiger charge is 2.37. The molecule has 0 aliphatic carbocycles. The summed E-state index contributed by atoms with van der Waals surface area (Å²) in [6, 6.07) is 7.79. The minimum atomic E-state index is -0.569.